The quantitative estimate of drug-likeness (QED) is 0.326. The first kappa shape index (κ1) is 3.40. The number of nitrogens with one attached hydrogen (secondary N) is 1. The van der Waals surface area contributed by atoms with Gasteiger partial charge in [-0.05, 0) is 12.4 Å². The van der Waals surface area contributed by atoms with Crippen LogP contribution in [0.15, 0.2) is 12.4 Å². The summed E-state index contributed by atoms with van der Waals surface area (Å²) in [7, 11) is 1.91. The summed E-state index contributed by atoms with van der Waals surface area (Å²) in [6, 6.07) is 0. The molecule has 0 radical (unpaired) electrons. The van der Waals surface area contributed by atoms with Gasteiger partial charge in [-0.25, -0.2) is 0 Å². The molecule has 0 fully saturated rings. The van der Waals surface area contributed by atoms with E-state index in [4.69, 9.17) is 0 Å². The highest BCUT2D eigenvalue weighted by molar-refractivity contribution is 4.52. The minimum absolute atomic E-state index is 1.82. The van der Waals surface area contributed by atoms with Gasteiger partial charge in [-0.1, -0.05) is 0 Å². The van der Waals surface area contributed by atoms with E-state index in [1.165, 1.54) is 0 Å². The predicted octanol–water partition coefficient (Wildman–Crippen LogP) is -0.361. The number of aromatic nitrogens is 2. The molecule has 0 aromatic carbocycles. The molecule has 0 amide bonds. The fourth-order valence-corrected chi connectivity index (χ4v) is 0.325. The predicted molar refractivity (Wildman–Crippen MR) is 20.8 cm³/mol. The SMILES string of the molecule is C[n+]1[c-][nH]cc1. The van der Waals surface area contributed by atoms with Crippen molar-refractivity contribution < 1.29 is 4.57 Å². The maximum Gasteiger partial charge on any atom is 0.201 e. The summed E-state index contributed by atoms with van der Waals surface area (Å²) in [5.74, 6) is 0. The Hall–Kier alpha value is -0.790. The molecule has 2 nitrogen and oxygen atoms in total. The van der Waals surface area contributed by atoms with Crippen molar-refractivity contribution in [1.82, 2.24) is 4.98 Å². The Morgan fingerprint density at radius 2 is 2.67 bits per heavy atom. The van der Waals surface area contributed by atoms with Crippen molar-refractivity contribution in [2.45, 2.75) is 0 Å². The zero-order valence-electron chi connectivity index (χ0n) is 3.60. The molecule has 0 spiro atoms. The van der Waals surface area contributed by atoms with Gasteiger partial charge in [0, 0.05) is 0 Å². The van der Waals surface area contributed by atoms with Crippen LogP contribution in [-0.2, 0) is 7.05 Å². The molecule has 0 saturated carbocycles. The van der Waals surface area contributed by atoms with Gasteiger partial charge >= 0.3 is 0 Å². The zero-order chi connectivity index (χ0) is 4.41. The molecule has 1 aromatic rings. The van der Waals surface area contributed by atoms with Crippen LogP contribution in [0.3, 0.4) is 0 Å². The summed E-state index contributed by atoms with van der Waals surface area (Å²) in [5.41, 5.74) is 0. The van der Waals surface area contributed by atoms with Crippen LogP contribution >= 0.6 is 0 Å². The van der Waals surface area contributed by atoms with E-state index in [0.29, 0.717) is 0 Å². The Morgan fingerprint density at radius 3 is 2.83 bits per heavy atom. The highest BCUT2D eigenvalue weighted by Crippen LogP contribution is 1.58. The lowest BCUT2D eigenvalue weighted by molar-refractivity contribution is -0.674. The van der Waals surface area contributed by atoms with Gasteiger partial charge in [0.25, 0.3) is 0 Å². The molecule has 0 unspecified atom stereocenters. The van der Waals surface area contributed by atoms with Crippen molar-refractivity contribution in [3.05, 3.63) is 18.7 Å². The smallest absolute Gasteiger partial charge is 0.201 e. The second kappa shape index (κ2) is 1.12. The van der Waals surface area contributed by atoms with E-state index < -0.39 is 0 Å². The highest BCUT2D eigenvalue weighted by atomic mass is 15.0. The lowest BCUT2D eigenvalue weighted by Crippen LogP contribution is -2.23. The minimum atomic E-state index is 1.82. The van der Waals surface area contributed by atoms with E-state index in [1.54, 1.807) is 0 Å². The number of aromatic amines is 1. The van der Waals surface area contributed by atoms with E-state index in [2.05, 4.69) is 11.3 Å². The number of nitrogens with zero attached hydrogens (tertiary/aromatic N) is 1. The molecule has 0 bridgehead atoms. The fourth-order valence-electron chi connectivity index (χ4n) is 0.325. The van der Waals surface area contributed by atoms with Gasteiger partial charge in [-0.3, -0.25) is 0 Å². The first-order valence-electron chi connectivity index (χ1n) is 1.80. The van der Waals surface area contributed by atoms with E-state index in [1.807, 2.05) is 24.0 Å². The third-order valence-corrected chi connectivity index (χ3v) is 0.622. The Balaban J connectivity index is 3.05. The van der Waals surface area contributed by atoms with Crippen LogP contribution < -0.4 is 4.57 Å². The number of H-pyrrole nitrogens is 1. The van der Waals surface area contributed by atoms with E-state index in [0.717, 1.165) is 0 Å². The van der Waals surface area contributed by atoms with Crippen LogP contribution in [0, 0.1) is 6.33 Å². The highest BCUT2D eigenvalue weighted by Gasteiger charge is 1.68. The first-order chi connectivity index (χ1) is 2.89. The molecule has 0 aliphatic carbocycles. The first-order valence-corrected chi connectivity index (χ1v) is 1.80. The summed E-state index contributed by atoms with van der Waals surface area (Å²) in [6.07, 6.45) is 6.50. The largest absolute Gasteiger partial charge is 0.363 e. The third-order valence-electron chi connectivity index (χ3n) is 0.622. The summed E-state index contributed by atoms with van der Waals surface area (Å²) in [5, 5.41) is 0. The standard InChI is InChI=1S/C4H6N2/c1-6-3-2-5-4-6/h2-3,5H,1H3. The molecule has 1 N–H and O–H groups in total. The number of hydrogen-bond acceptors (Lipinski definition) is 0. The Morgan fingerprint density at radius 1 is 1.83 bits per heavy atom. The molecule has 6 heavy (non-hydrogen) atoms. The van der Waals surface area contributed by atoms with Crippen molar-refractivity contribution in [3.8, 4) is 0 Å². The van der Waals surface area contributed by atoms with Crippen molar-refractivity contribution in [1.29, 1.82) is 0 Å². The number of aryl methyl sites for hydroxylation is 1. The molecular weight excluding hydrogens is 76.1 g/mol. The molecule has 2 heteroatoms. The molecule has 0 saturated heterocycles. The van der Waals surface area contributed by atoms with E-state index in [9.17, 15) is 0 Å². The van der Waals surface area contributed by atoms with Gasteiger partial charge in [0.1, 0.15) is 0 Å². The molecule has 0 aliphatic rings. The van der Waals surface area contributed by atoms with Crippen LogP contribution in [0.4, 0.5) is 0 Å². The lowest BCUT2D eigenvalue weighted by Gasteiger charge is -1.76. The van der Waals surface area contributed by atoms with Crippen LogP contribution in [0.25, 0.3) is 0 Å². The van der Waals surface area contributed by atoms with Crippen LogP contribution in [0.2, 0.25) is 0 Å². The molecule has 0 aliphatic heterocycles. The van der Waals surface area contributed by atoms with Crippen LogP contribution in [-0.4, -0.2) is 4.98 Å². The van der Waals surface area contributed by atoms with Crippen molar-refractivity contribution in [3.63, 3.8) is 0 Å². The average Bonchev–Trinajstić information content (AvgIpc) is 1.86. The summed E-state index contributed by atoms with van der Waals surface area (Å²) in [6.45, 7) is 0. The number of hydrogen-bond donors (Lipinski definition) is 1. The van der Waals surface area contributed by atoms with Crippen molar-refractivity contribution >= 4 is 0 Å². The second-order valence-corrected chi connectivity index (χ2v) is 1.18. The number of rotatable bonds is 0. The van der Waals surface area contributed by atoms with E-state index in [-0.39, 0.29) is 0 Å². The average molecular weight is 82.1 g/mol. The van der Waals surface area contributed by atoms with Crippen LogP contribution in [0.1, 0.15) is 0 Å². The van der Waals surface area contributed by atoms with Gasteiger partial charge in [-0.15, -0.1) is 0 Å². The second-order valence-electron chi connectivity index (χ2n) is 1.18. The maximum atomic E-state index is 2.79. The lowest BCUT2D eigenvalue weighted by atomic mass is 10.9. The van der Waals surface area contributed by atoms with Crippen molar-refractivity contribution in [2.75, 3.05) is 0 Å². The maximum absolute atomic E-state index is 2.79. The fraction of sp³-hybridized carbons (Fsp3) is 0.250. The van der Waals surface area contributed by atoms with Crippen molar-refractivity contribution in [2.24, 2.45) is 7.05 Å². The zero-order valence-corrected chi connectivity index (χ0v) is 3.60. The van der Waals surface area contributed by atoms with Gasteiger partial charge < -0.3 is 9.55 Å². The van der Waals surface area contributed by atoms with Gasteiger partial charge in [0.05, 0.1) is 7.05 Å². The molecule has 1 heterocycles. The molecular formula is C4H6N2. The molecule has 1 rings (SSSR count). The third kappa shape index (κ3) is 0.407. The van der Waals surface area contributed by atoms with E-state index >= 15 is 0 Å². The minimum Gasteiger partial charge on any atom is -0.363 e. The Bertz CT molecular complexity index is 109. The van der Waals surface area contributed by atoms with Gasteiger partial charge in [0.15, 0.2) is 0 Å². The van der Waals surface area contributed by atoms with Gasteiger partial charge in [-0.2, -0.15) is 0 Å². The monoisotopic (exact) mass is 82.1 g/mol. The molecule has 32 valence electrons. The Kier molecular flexibility index (Phi) is 0.638. The topological polar surface area (TPSA) is 19.7 Å². The summed E-state index contributed by atoms with van der Waals surface area (Å²) in [4.78, 5) is 2.77. The normalized spacial score (nSPS) is 8.83. The summed E-state index contributed by atoms with van der Waals surface area (Å²) < 4.78 is 1.82. The summed E-state index contributed by atoms with van der Waals surface area (Å²) >= 11 is 0. The molecule has 1 aromatic heterocycles. The van der Waals surface area contributed by atoms with Gasteiger partial charge in [0.2, 0.25) is 6.33 Å². The van der Waals surface area contributed by atoms with Crippen LogP contribution in [0.5, 0.6) is 0 Å². The number of imidazole rings is 1. The molecule has 0 atom stereocenters. The Labute approximate surface area is 36.4 Å².